The van der Waals surface area contributed by atoms with Gasteiger partial charge in [0.1, 0.15) is 5.75 Å². The van der Waals surface area contributed by atoms with Crippen molar-refractivity contribution >= 4 is 0 Å². The minimum Gasteiger partial charge on any atom is -0.491 e. The smallest absolute Gasteiger partial charge is 0.119 e. The standard InChI is InChI=1S/C18H32N2O/c1-6-11-20(12-7-2)18(5,19)14-16-9-8-10-17(13-16)21-15(3)4/h8-10,13,15H,6-7,11-12,14,19H2,1-5H3. The number of ether oxygens (including phenoxy) is 1. The van der Waals surface area contributed by atoms with Gasteiger partial charge in [0.15, 0.2) is 0 Å². The molecule has 1 aromatic carbocycles. The van der Waals surface area contributed by atoms with Crippen LogP contribution in [0.2, 0.25) is 0 Å². The number of rotatable bonds is 9. The van der Waals surface area contributed by atoms with E-state index in [9.17, 15) is 0 Å². The SMILES string of the molecule is CCCN(CCC)C(C)(N)Cc1cccc(OC(C)C)c1. The molecule has 0 saturated heterocycles. The molecule has 0 fully saturated rings. The second-order valence-corrected chi connectivity index (χ2v) is 6.34. The van der Waals surface area contributed by atoms with Gasteiger partial charge in [-0.05, 0) is 64.4 Å². The Balaban J connectivity index is 2.81. The number of nitrogens with zero attached hydrogens (tertiary/aromatic N) is 1. The van der Waals surface area contributed by atoms with Crippen molar-refractivity contribution in [3.63, 3.8) is 0 Å². The van der Waals surface area contributed by atoms with Gasteiger partial charge in [0.05, 0.1) is 11.8 Å². The highest BCUT2D eigenvalue weighted by atomic mass is 16.5. The predicted octanol–water partition coefficient (Wildman–Crippen LogP) is 3.81. The summed E-state index contributed by atoms with van der Waals surface area (Å²) in [5.41, 5.74) is 7.52. The minimum atomic E-state index is -0.317. The van der Waals surface area contributed by atoms with E-state index in [4.69, 9.17) is 10.5 Å². The highest BCUT2D eigenvalue weighted by Crippen LogP contribution is 2.21. The van der Waals surface area contributed by atoms with Crippen molar-refractivity contribution in [1.82, 2.24) is 4.90 Å². The third-order valence-electron chi connectivity index (χ3n) is 3.54. The van der Waals surface area contributed by atoms with E-state index in [1.54, 1.807) is 0 Å². The lowest BCUT2D eigenvalue weighted by Crippen LogP contribution is -2.55. The maximum Gasteiger partial charge on any atom is 0.119 e. The second-order valence-electron chi connectivity index (χ2n) is 6.34. The zero-order valence-electron chi connectivity index (χ0n) is 14.4. The number of benzene rings is 1. The third kappa shape index (κ3) is 6.06. The average molecular weight is 292 g/mol. The summed E-state index contributed by atoms with van der Waals surface area (Å²) in [6.07, 6.45) is 3.29. The Morgan fingerprint density at radius 1 is 1.19 bits per heavy atom. The van der Waals surface area contributed by atoms with Crippen LogP contribution in [0.25, 0.3) is 0 Å². The number of nitrogens with two attached hydrogens (primary N) is 1. The lowest BCUT2D eigenvalue weighted by atomic mass is 9.99. The first-order valence-electron chi connectivity index (χ1n) is 8.18. The van der Waals surface area contributed by atoms with Gasteiger partial charge in [-0.15, -0.1) is 0 Å². The Morgan fingerprint density at radius 2 is 1.81 bits per heavy atom. The van der Waals surface area contributed by atoms with Crippen LogP contribution in [0, 0.1) is 0 Å². The van der Waals surface area contributed by atoms with E-state index < -0.39 is 0 Å². The van der Waals surface area contributed by atoms with Crippen molar-refractivity contribution in [1.29, 1.82) is 0 Å². The van der Waals surface area contributed by atoms with Crippen LogP contribution in [0.4, 0.5) is 0 Å². The van der Waals surface area contributed by atoms with Gasteiger partial charge in [0.2, 0.25) is 0 Å². The Hall–Kier alpha value is -1.06. The largest absolute Gasteiger partial charge is 0.491 e. The van der Waals surface area contributed by atoms with E-state index in [2.05, 4.69) is 37.8 Å². The summed E-state index contributed by atoms with van der Waals surface area (Å²) >= 11 is 0. The quantitative estimate of drug-likeness (QED) is 0.703. The Labute approximate surface area is 130 Å². The number of hydrogen-bond acceptors (Lipinski definition) is 3. The molecule has 0 aromatic heterocycles. The molecule has 0 aliphatic heterocycles. The van der Waals surface area contributed by atoms with Crippen LogP contribution in [-0.4, -0.2) is 29.8 Å². The van der Waals surface area contributed by atoms with Crippen molar-refractivity contribution in [2.24, 2.45) is 5.73 Å². The summed E-state index contributed by atoms with van der Waals surface area (Å²) in [7, 11) is 0. The molecule has 21 heavy (non-hydrogen) atoms. The normalized spacial score (nSPS) is 14.5. The maximum absolute atomic E-state index is 6.60. The monoisotopic (exact) mass is 292 g/mol. The molecular formula is C18H32N2O. The highest BCUT2D eigenvalue weighted by Gasteiger charge is 2.26. The first-order chi connectivity index (χ1) is 9.89. The van der Waals surface area contributed by atoms with Gasteiger partial charge in [0.25, 0.3) is 0 Å². The van der Waals surface area contributed by atoms with E-state index in [1.807, 2.05) is 26.0 Å². The molecular weight excluding hydrogens is 260 g/mol. The zero-order chi connectivity index (χ0) is 15.9. The van der Waals surface area contributed by atoms with Gasteiger partial charge >= 0.3 is 0 Å². The lowest BCUT2D eigenvalue weighted by Gasteiger charge is -2.38. The van der Waals surface area contributed by atoms with Crippen LogP contribution in [0.1, 0.15) is 53.0 Å². The number of hydrogen-bond donors (Lipinski definition) is 1. The van der Waals surface area contributed by atoms with Crippen LogP contribution in [0.15, 0.2) is 24.3 Å². The van der Waals surface area contributed by atoms with Gasteiger partial charge in [0, 0.05) is 6.42 Å². The van der Waals surface area contributed by atoms with Crippen LogP contribution in [0.5, 0.6) is 5.75 Å². The van der Waals surface area contributed by atoms with Crippen molar-refractivity contribution in [3.8, 4) is 5.75 Å². The van der Waals surface area contributed by atoms with E-state index in [0.717, 1.165) is 38.1 Å². The molecule has 1 aromatic rings. The minimum absolute atomic E-state index is 0.196. The molecule has 1 unspecified atom stereocenters. The van der Waals surface area contributed by atoms with Crippen molar-refractivity contribution in [2.45, 2.75) is 65.6 Å². The molecule has 120 valence electrons. The molecule has 0 spiro atoms. The predicted molar refractivity (Wildman–Crippen MR) is 90.7 cm³/mol. The summed E-state index contributed by atoms with van der Waals surface area (Å²) in [6, 6.07) is 8.30. The van der Waals surface area contributed by atoms with Crippen molar-refractivity contribution in [3.05, 3.63) is 29.8 Å². The summed E-state index contributed by atoms with van der Waals surface area (Å²) in [6.45, 7) is 12.7. The first kappa shape index (κ1) is 18.0. The van der Waals surface area contributed by atoms with Gasteiger partial charge in [-0.2, -0.15) is 0 Å². The molecule has 0 aliphatic rings. The highest BCUT2D eigenvalue weighted by molar-refractivity contribution is 5.29. The molecule has 3 nitrogen and oxygen atoms in total. The molecule has 0 saturated carbocycles. The van der Waals surface area contributed by atoms with Gasteiger partial charge < -0.3 is 10.5 Å². The van der Waals surface area contributed by atoms with Crippen LogP contribution in [-0.2, 0) is 6.42 Å². The molecule has 3 heteroatoms. The fourth-order valence-electron chi connectivity index (χ4n) is 2.69. The average Bonchev–Trinajstić information content (AvgIpc) is 2.37. The van der Waals surface area contributed by atoms with Gasteiger partial charge in [-0.3, -0.25) is 4.90 Å². The summed E-state index contributed by atoms with van der Waals surface area (Å²) in [5, 5.41) is 0. The van der Waals surface area contributed by atoms with Crippen LogP contribution in [0.3, 0.4) is 0 Å². The molecule has 0 amide bonds. The molecule has 0 heterocycles. The van der Waals surface area contributed by atoms with Crippen LogP contribution < -0.4 is 10.5 Å². The molecule has 0 bridgehead atoms. The lowest BCUT2D eigenvalue weighted by molar-refractivity contribution is 0.108. The fourth-order valence-corrected chi connectivity index (χ4v) is 2.69. The van der Waals surface area contributed by atoms with Crippen molar-refractivity contribution < 1.29 is 4.74 Å². The molecule has 0 radical (unpaired) electrons. The fraction of sp³-hybridized carbons (Fsp3) is 0.667. The second kappa shape index (κ2) is 8.40. The summed E-state index contributed by atoms with van der Waals surface area (Å²) < 4.78 is 5.77. The van der Waals surface area contributed by atoms with E-state index in [0.29, 0.717) is 0 Å². The molecule has 0 aliphatic carbocycles. The van der Waals surface area contributed by atoms with E-state index >= 15 is 0 Å². The van der Waals surface area contributed by atoms with Gasteiger partial charge in [-0.25, -0.2) is 0 Å². The molecule has 1 atom stereocenters. The Morgan fingerprint density at radius 3 is 2.33 bits per heavy atom. The van der Waals surface area contributed by atoms with Gasteiger partial charge in [-0.1, -0.05) is 26.0 Å². The van der Waals surface area contributed by atoms with E-state index in [-0.39, 0.29) is 11.8 Å². The Kier molecular flexibility index (Phi) is 7.20. The topological polar surface area (TPSA) is 38.5 Å². The van der Waals surface area contributed by atoms with Crippen molar-refractivity contribution in [2.75, 3.05) is 13.1 Å². The van der Waals surface area contributed by atoms with Crippen LogP contribution >= 0.6 is 0 Å². The summed E-state index contributed by atoms with van der Waals surface area (Å²) in [4.78, 5) is 2.39. The zero-order valence-corrected chi connectivity index (χ0v) is 14.4. The Bertz CT molecular complexity index is 409. The third-order valence-corrected chi connectivity index (χ3v) is 3.54. The molecule has 2 N–H and O–H groups in total. The molecule has 1 rings (SSSR count). The first-order valence-corrected chi connectivity index (χ1v) is 8.18. The summed E-state index contributed by atoms with van der Waals surface area (Å²) in [5.74, 6) is 0.927. The van der Waals surface area contributed by atoms with E-state index in [1.165, 1.54) is 5.56 Å². The maximum atomic E-state index is 6.60.